The molecule has 1 aromatic rings. The number of aliphatic hydroxyl groups is 1. The molecule has 7 heteroatoms. The smallest absolute Gasteiger partial charge is 0.287 e. The van der Waals surface area contributed by atoms with Crippen LogP contribution in [0.1, 0.15) is 24.3 Å². The first-order valence-corrected chi connectivity index (χ1v) is 5.73. The summed E-state index contributed by atoms with van der Waals surface area (Å²) in [6, 6.07) is 1.25. The molecule has 0 fully saturated rings. The summed E-state index contributed by atoms with van der Waals surface area (Å²) in [4.78, 5) is 22.0. The number of hydrogen-bond donors (Lipinski definition) is 2. The second-order valence-corrected chi connectivity index (χ2v) is 4.12. The van der Waals surface area contributed by atoms with Crippen molar-refractivity contribution in [3.05, 3.63) is 28.1 Å². The van der Waals surface area contributed by atoms with Crippen molar-refractivity contribution in [1.82, 2.24) is 9.88 Å². The van der Waals surface area contributed by atoms with Gasteiger partial charge >= 0.3 is 0 Å². The molecule has 100 valence electrons. The highest BCUT2D eigenvalue weighted by Gasteiger charge is 2.18. The van der Waals surface area contributed by atoms with Crippen LogP contribution in [0.4, 0.5) is 5.69 Å². The molecule has 1 amide bonds. The molecule has 0 bridgehead atoms. The Kier molecular flexibility index (Phi) is 4.85. The Bertz CT molecular complexity index is 441. The third kappa shape index (κ3) is 3.30. The van der Waals surface area contributed by atoms with E-state index in [0.717, 1.165) is 0 Å². The minimum atomic E-state index is -0.528. The first kappa shape index (κ1) is 14.2. The summed E-state index contributed by atoms with van der Waals surface area (Å²) in [6.07, 6.45) is 1.34. The Morgan fingerprint density at radius 2 is 2.33 bits per heavy atom. The van der Waals surface area contributed by atoms with Crippen LogP contribution in [0, 0.1) is 16.0 Å². The lowest BCUT2D eigenvalue weighted by Crippen LogP contribution is -2.30. The van der Waals surface area contributed by atoms with Crippen LogP contribution >= 0.6 is 0 Å². The van der Waals surface area contributed by atoms with Crippen LogP contribution in [0.2, 0.25) is 0 Å². The van der Waals surface area contributed by atoms with Gasteiger partial charge in [-0.05, 0) is 12.8 Å². The van der Waals surface area contributed by atoms with Gasteiger partial charge in [0.05, 0.1) is 11.1 Å². The zero-order chi connectivity index (χ0) is 13.7. The number of aromatic nitrogens is 1. The van der Waals surface area contributed by atoms with Gasteiger partial charge in [0, 0.05) is 25.8 Å². The summed E-state index contributed by atoms with van der Waals surface area (Å²) in [7, 11) is 0. The van der Waals surface area contributed by atoms with Crippen LogP contribution in [-0.2, 0) is 6.54 Å². The fourth-order valence-corrected chi connectivity index (χ4v) is 1.47. The van der Waals surface area contributed by atoms with Gasteiger partial charge in [0.15, 0.2) is 0 Å². The van der Waals surface area contributed by atoms with Crippen molar-refractivity contribution in [2.24, 2.45) is 5.92 Å². The van der Waals surface area contributed by atoms with Gasteiger partial charge in [0.2, 0.25) is 0 Å². The van der Waals surface area contributed by atoms with E-state index in [1.807, 2.05) is 0 Å². The van der Waals surface area contributed by atoms with E-state index in [1.54, 1.807) is 13.8 Å². The molecular weight excluding hydrogens is 238 g/mol. The Labute approximate surface area is 105 Å². The number of nitro groups is 1. The van der Waals surface area contributed by atoms with E-state index in [9.17, 15) is 14.9 Å². The van der Waals surface area contributed by atoms with E-state index in [2.05, 4.69) is 5.32 Å². The van der Waals surface area contributed by atoms with Crippen molar-refractivity contribution >= 4 is 11.6 Å². The largest absolute Gasteiger partial charge is 0.396 e. The molecule has 0 aliphatic heterocycles. The number of aryl methyl sites for hydroxylation is 1. The molecule has 0 aliphatic carbocycles. The van der Waals surface area contributed by atoms with Gasteiger partial charge in [-0.3, -0.25) is 14.9 Å². The van der Waals surface area contributed by atoms with Gasteiger partial charge in [0.25, 0.3) is 11.6 Å². The minimum absolute atomic E-state index is 0.0186. The standard InChI is InChI=1S/C11H17N3O4/c1-3-13-6-9(14(17)18)4-10(13)11(16)12-5-8(2)7-15/h4,6,8,15H,3,5,7H2,1-2H3,(H,12,16). The molecule has 0 aliphatic rings. The van der Waals surface area contributed by atoms with Crippen LogP contribution in [0.5, 0.6) is 0 Å². The topological polar surface area (TPSA) is 97.4 Å². The highest BCUT2D eigenvalue weighted by atomic mass is 16.6. The number of aliphatic hydroxyl groups excluding tert-OH is 1. The molecule has 0 spiro atoms. The molecule has 0 saturated heterocycles. The normalized spacial score (nSPS) is 12.2. The first-order valence-electron chi connectivity index (χ1n) is 5.73. The van der Waals surface area contributed by atoms with Crippen LogP contribution < -0.4 is 5.32 Å². The summed E-state index contributed by atoms with van der Waals surface area (Å²) < 4.78 is 1.52. The predicted octanol–water partition coefficient (Wildman–Crippen LogP) is 0.774. The van der Waals surface area contributed by atoms with Crippen molar-refractivity contribution in [1.29, 1.82) is 0 Å². The predicted molar refractivity (Wildman–Crippen MR) is 65.3 cm³/mol. The molecule has 0 aromatic carbocycles. The maximum Gasteiger partial charge on any atom is 0.287 e. The number of hydrogen-bond acceptors (Lipinski definition) is 4. The highest BCUT2D eigenvalue weighted by Crippen LogP contribution is 2.16. The van der Waals surface area contributed by atoms with E-state index in [4.69, 9.17) is 5.11 Å². The maximum atomic E-state index is 11.8. The SMILES string of the molecule is CCn1cc([N+](=O)[O-])cc1C(=O)NCC(C)CO. The van der Waals surface area contributed by atoms with Crippen LogP contribution in [0.3, 0.4) is 0 Å². The van der Waals surface area contributed by atoms with Crippen molar-refractivity contribution < 1.29 is 14.8 Å². The van der Waals surface area contributed by atoms with E-state index in [1.165, 1.54) is 16.8 Å². The Balaban J connectivity index is 2.81. The molecular formula is C11H17N3O4. The third-order valence-electron chi connectivity index (χ3n) is 2.59. The summed E-state index contributed by atoms with van der Waals surface area (Å²) >= 11 is 0. The lowest BCUT2D eigenvalue weighted by molar-refractivity contribution is -0.384. The molecule has 1 unspecified atom stereocenters. The summed E-state index contributed by atoms with van der Waals surface area (Å²) in [5, 5.41) is 22.1. The summed E-state index contributed by atoms with van der Waals surface area (Å²) in [5.74, 6) is -0.417. The highest BCUT2D eigenvalue weighted by molar-refractivity contribution is 5.93. The quantitative estimate of drug-likeness (QED) is 0.579. The number of carbonyl (C=O) groups is 1. The Morgan fingerprint density at radius 3 is 2.83 bits per heavy atom. The molecule has 0 saturated carbocycles. The number of carbonyl (C=O) groups excluding carboxylic acids is 1. The van der Waals surface area contributed by atoms with Gasteiger partial charge in [-0.2, -0.15) is 0 Å². The first-order chi connectivity index (χ1) is 8.49. The van der Waals surface area contributed by atoms with Gasteiger partial charge in [0.1, 0.15) is 5.69 Å². The molecule has 1 heterocycles. The Hall–Kier alpha value is -1.89. The molecule has 2 N–H and O–H groups in total. The second kappa shape index (κ2) is 6.15. The van der Waals surface area contributed by atoms with Gasteiger partial charge in [-0.25, -0.2) is 0 Å². The molecule has 7 nitrogen and oxygen atoms in total. The van der Waals surface area contributed by atoms with Crippen molar-refractivity contribution in [2.45, 2.75) is 20.4 Å². The lowest BCUT2D eigenvalue weighted by atomic mass is 10.2. The van der Waals surface area contributed by atoms with Crippen molar-refractivity contribution in [3.8, 4) is 0 Å². The third-order valence-corrected chi connectivity index (χ3v) is 2.59. The summed E-state index contributed by atoms with van der Waals surface area (Å²) in [5.41, 5.74) is 0.159. The fraction of sp³-hybridized carbons (Fsp3) is 0.545. The van der Waals surface area contributed by atoms with Crippen LogP contribution in [0.15, 0.2) is 12.3 Å². The zero-order valence-electron chi connectivity index (χ0n) is 10.4. The summed E-state index contributed by atoms with van der Waals surface area (Å²) in [6.45, 7) is 4.39. The van der Waals surface area contributed by atoms with E-state index >= 15 is 0 Å². The van der Waals surface area contributed by atoms with Crippen molar-refractivity contribution in [2.75, 3.05) is 13.2 Å². The zero-order valence-corrected chi connectivity index (χ0v) is 10.4. The average Bonchev–Trinajstić information content (AvgIpc) is 2.79. The van der Waals surface area contributed by atoms with Gasteiger partial charge in [-0.1, -0.05) is 6.92 Å². The molecule has 18 heavy (non-hydrogen) atoms. The van der Waals surface area contributed by atoms with Gasteiger partial charge < -0.3 is 15.0 Å². The van der Waals surface area contributed by atoms with Crippen molar-refractivity contribution in [3.63, 3.8) is 0 Å². The Morgan fingerprint density at radius 1 is 1.67 bits per heavy atom. The van der Waals surface area contributed by atoms with Gasteiger partial charge in [-0.15, -0.1) is 0 Å². The molecule has 0 radical (unpaired) electrons. The van der Waals surface area contributed by atoms with Crippen LogP contribution in [-0.4, -0.2) is 33.7 Å². The van der Waals surface area contributed by atoms with Crippen LogP contribution in [0.25, 0.3) is 0 Å². The number of nitrogens with zero attached hydrogens (tertiary/aromatic N) is 2. The van der Waals surface area contributed by atoms with E-state index < -0.39 is 4.92 Å². The molecule has 1 atom stereocenters. The number of amides is 1. The minimum Gasteiger partial charge on any atom is -0.396 e. The maximum absolute atomic E-state index is 11.8. The van der Waals surface area contributed by atoms with E-state index in [-0.39, 0.29) is 29.8 Å². The number of nitrogens with one attached hydrogen (secondary N) is 1. The fourth-order valence-electron chi connectivity index (χ4n) is 1.47. The number of rotatable bonds is 6. The van der Waals surface area contributed by atoms with E-state index in [0.29, 0.717) is 13.1 Å². The molecule has 1 aromatic heterocycles. The monoisotopic (exact) mass is 255 g/mol. The molecule has 1 rings (SSSR count). The average molecular weight is 255 g/mol. The lowest BCUT2D eigenvalue weighted by Gasteiger charge is -2.10. The second-order valence-electron chi connectivity index (χ2n) is 4.12.